The Morgan fingerprint density at radius 3 is 2.38 bits per heavy atom. The lowest BCUT2D eigenvalue weighted by Crippen LogP contribution is -2.43. The van der Waals surface area contributed by atoms with Crippen molar-refractivity contribution in [2.24, 2.45) is 0 Å². The Bertz CT molecular complexity index is 1220. The smallest absolute Gasteiger partial charge is 0.251 e. The first-order valence-electron chi connectivity index (χ1n) is 10.6. The van der Waals surface area contributed by atoms with Crippen molar-refractivity contribution in [3.05, 3.63) is 70.9 Å². The van der Waals surface area contributed by atoms with Crippen molar-refractivity contribution in [1.29, 1.82) is 0 Å². The highest BCUT2D eigenvalue weighted by molar-refractivity contribution is 7.94. The number of nitrogens with zero attached hydrogens (tertiary/aromatic N) is 3. The van der Waals surface area contributed by atoms with Crippen LogP contribution in [0.4, 0.5) is 11.8 Å². The zero-order valence-electron chi connectivity index (χ0n) is 18.0. The van der Waals surface area contributed by atoms with Gasteiger partial charge in [0.2, 0.25) is 11.7 Å². The third kappa shape index (κ3) is 3.78. The fourth-order valence-electron chi connectivity index (χ4n) is 3.93. The molecule has 0 saturated carbocycles. The minimum atomic E-state index is -4.02. The Morgan fingerprint density at radius 2 is 1.75 bits per heavy atom. The number of carbonyl (C=O) groups is 1. The van der Waals surface area contributed by atoms with Gasteiger partial charge < -0.3 is 5.32 Å². The number of ketones is 1. The number of halogens is 1. The zero-order chi connectivity index (χ0) is 22.9. The van der Waals surface area contributed by atoms with Gasteiger partial charge in [-0.15, -0.1) is 0 Å². The van der Waals surface area contributed by atoms with Crippen LogP contribution in [-0.4, -0.2) is 36.8 Å². The molecule has 0 amide bonds. The molecule has 2 heterocycles. The number of hydrogen-bond donors (Lipinski definition) is 1. The summed E-state index contributed by atoms with van der Waals surface area (Å²) in [5.41, 5.74) is 1.37. The lowest BCUT2D eigenvalue weighted by atomic mass is 10.1. The minimum absolute atomic E-state index is 0.158. The van der Waals surface area contributed by atoms with Crippen molar-refractivity contribution in [3.8, 4) is 5.69 Å². The van der Waals surface area contributed by atoms with Gasteiger partial charge in [0.05, 0.1) is 0 Å². The van der Waals surface area contributed by atoms with Gasteiger partial charge in [0.25, 0.3) is 10.0 Å². The molecule has 3 aromatic rings. The Hall–Kier alpha value is -2.84. The van der Waals surface area contributed by atoms with E-state index in [9.17, 15) is 13.2 Å². The highest BCUT2D eigenvalue weighted by atomic mass is 35.5. The fourth-order valence-corrected chi connectivity index (χ4v) is 5.92. The number of unbranched alkanes of at least 4 members (excludes halogenated alkanes) is 1. The van der Waals surface area contributed by atoms with Gasteiger partial charge in [0.15, 0.2) is 11.1 Å². The number of benzene rings is 2. The molecule has 0 aliphatic carbocycles. The number of hydrogen-bond acceptors (Lipinski definition) is 5. The molecule has 32 heavy (non-hydrogen) atoms. The van der Waals surface area contributed by atoms with Crippen LogP contribution < -0.4 is 9.62 Å². The standard InChI is InChI=1S/C23H25ClN4O3S/c1-3-5-15-25-23-26-22-19(28(23)18-9-7-6-8-10-18)20(29)21(32(30,31)27(22)4-2)16-11-13-17(24)14-12-16/h6-14,21H,3-5,15H2,1-2H3,(H,25,26). The predicted octanol–water partition coefficient (Wildman–Crippen LogP) is 4.83. The highest BCUT2D eigenvalue weighted by Gasteiger charge is 2.48. The average molecular weight is 473 g/mol. The first-order chi connectivity index (χ1) is 15.4. The molecule has 0 saturated heterocycles. The zero-order valence-corrected chi connectivity index (χ0v) is 19.5. The summed E-state index contributed by atoms with van der Waals surface area (Å²) < 4.78 is 30.0. The summed E-state index contributed by atoms with van der Waals surface area (Å²) >= 11 is 6.00. The number of Topliss-reactive ketones (excluding diaryl/α,β-unsaturated/α-hetero) is 1. The molecule has 0 fully saturated rings. The number of imidazole rings is 1. The Morgan fingerprint density at radius 1 is 1.06 bits per heavy atom. The van der Waals surface area contributed by atoms with E-state index in [1.165, 1.54) is 4.31 Å². The summed E-state index contributed by atoms with van der Waals surface area (Å²) in [5.74, 6) is 0.103. The van der Waals surface area contributed by atoms with Crippen LogP contribution in [0.25, 0.3) is 5.69 Å². The highest BCUT2D eigenvalue weighted by Crippen LogP contribution is 2.42. The van der Waals surface area contributed by atoms with Crippen molar-refractivity contribution in [1.82, 2.24) is 9.55 Å². The summed E-state index contributed by atoms with van der Waals surface area (Å²) in [7, 11) is -4.02. The lowest BCUT2D eigenvalue weighted by Gasteiger charge is -2.31. The van der Waals surface area contributed by atoms with Crippen molar-refractivity contribution in [2.75, 3.05) is 22.7 Å². The number of nitrogens with one attached hydrogen (secondary N) is 1. The number of carbonyl (C=O) groups excluding carboxylic acids is 1. The number of aromatic nitrogens is 2. The number of sulfonamides is 1. The molecule has 0 bridgehead atoms. The number of para-hydroxylation sites is 1. The molecule has 0 radical (unpaired) electrons. The Balaban J connectivity index is 1.95. The Labute approximate surface area is 193 Å². The van der Waals surface area contributed by atoms with Crippen LogP contribution in [0, 0.1) is 0 Å². The largest absolute Gasteiger partial charge is 0.355 e. The van der Waals surface area contributed by atoms with E-state index in [4.69, 9.17) is 11.6 Å². The van der Waals surface area contributed by atoms with E-state index in [1.807, 2.05) is 30.3 Å². The second kappa shape index (κ2) is 8.96. The van der Waals surface area contributed by atoms with Crippen LogP contribution in [-0.2, 0) is 10.0 Å². The first-order valence-corrected chi connectivity index (χ1v) is 12.5. The molecule has 1 N–H and O–H groups in total. The van der Waals surface area contributed by atoms with Crippen LogP contribution in [0.3, 0.4) is 0 Å². The molecule has 0 spiro atoms. The van der Waals surface area contributed by atoms with Gasteiger partial charge >= 0.3 is 0 Å². The molecule has 1 unspecified atom stereocenters. The molecule has 1 aromatic heterocycles. The number of rotatable bonds is 7. The Kier molecular flexibility index (Phi) is 6.26. The summed E-state index contributed by atoms with van der Waals surface area (Å²) in [6, 6.07) is 15.7. The first kappa shape index (κ1) is 22.4. The average Bonchev–Trinajstić information content (AvgIpc) is 3.15. The van der Waals surface area contributed by atoms with Crippen molar-refractivity contribution in [2.45, 2.75) is 31.9 Å². The predicted molar refractivity (Wildman–Crippen MR) is 127 cm³/mol. The van der Waals surface area contributed by atoms with Gasteiger partial charge in [-0.05, 0) is 43.2 Å². The number of fused-ring (bicyclic) bond motifs is 1. The quantitative estimate of drug-likeness (QED) is 0.498. The number of anilines is 2. The maximum Gasteiger partial charge on any atom is 0.251 e. The maximum atomic E-state index is 13.8. The van der Waals surface area contributed by atoms with Crippen LogP contribution in [0.5, 0.6) is 0 Å². The topological polar surface area (TPSA) is 84.3 Å². The van der Waals surface area contributed by atoms with Crippen molar-refractivity contribution < 1.29 is 13.2 Å². The molecule has 1 aliphatic rings. The van der Waals surface area contributed by atoms with Crippen LogP contribution in [0.15, 0.2) is 54.6 Å². The molecule has 9 heteroatoms. The van der Waals surface area contributed by atoms with E-state index >= 15 is 0 Å². The van der Waals surface area contributed by atoms with Gasteiger partial charge in [0, 0.05) is 23.8 Å². The van der Waals surface area contributed by atoms with E-state index in [2.05, 4.69) is 17.2 Å². The molecular formula is C23H25ClN4O3S. The second-order valence-electron chi connectivity index (χ2n) is 7.56. The molecular weight excluding hydrogens is 448 g/mol. The van der Waals surface area contributed by atoms with E-state index in [1.54, 1.807) is 35.8 Å². The van der Waals surface area contributed by atoms with Gasteiger partial charge in [-0.25, -0.2) is 8.42 Å². The van der Waals surface area contributed by atoms with Crippen LogP contribution in [0.2, 0.25) is 5.02 Å². The summed E-state index contributed by atoms with van der Waals surface area (Å²) in [5, 5.41) is 2.39. The summed E-state index contributed by atoms with van der Waals surface area (Å²) in [6.07, 6.45) is 1.91. The SMILES string of the molecule is CCCCNc1nc2c(n1-c1ccccc1)C(=O)C(c1ccc(Cl)cc1)S(=O)(=O)N2CC. The van der Waals surface area contributed by atoms with E-state index in [0.717, 1.165) is 18.5 Å². The molecule has 4 rings (SSSR count). The normalized spacial score (nSPS) is 17.3. The molecule has 7 nitrogen and oxygen atoms in total. The van der Waals surface area contributed by atoms with E-state index < -0.39 is 21.1 Å². The van der Waals surface area contributed by atoms with Gasteiger partial charge in [0.1, 0.15) is 5.69 Å². The van der Waals surface area contributed by atoms with Crippen molar-refractivity contribution in [3.63, 3.8) is 0 Å². The van der Waals surface area contributed by atoms with E-state index in [-0.39, 0.29) is 18.1 Å². The molecule has 1 aliphatic heterocycles. The molecule has 1 atom stereocenters. The fraction of sp³-hybridized carbons (Fsp3) is 0.304. The van der Waals surface area contributed by atoms with E-state index in [0.29, 0.717) is 23.1 Å². The molecule has 2 aromatic carbocycles. The second-order valence-corrected chi connectivity index (χ2v) is 9.94. The maximum absolute atomic E-state index is 13.8. The summed E-state index contributed by atoms with van der Waals surface area (Å²) in [4.78, 5) is 18.4. The van der Waals surface area contributed by atoms with Gasteiger partial charge in [-0.1, -0.05) is 55.3 Å². The van der Waals surface area contributed by atoms with Gasteiger partial charge in [-0.2, -0.15) is 4.98 Å². The van der Waals surface area contributed by atoms with Crippen LogP contribution >= 0.6 is 11.6 Å². The van der Waals surface area contributed by atoms with Crippen molar-refractivity contribution >= 4 is 39.2 Å². The van der Waals surface area contributed by atoms with Crippen LogP contribution in [0.1, 0.15) is 48.0 Å². The third-order valence-corrected chi connectivity index (χ3v) is 7.84. The molecule has 168 valence electrons. The summed E-state index contributed by atoms with van der Waals surface area (Å²) in [6.45, 7) is 4.64. The monoisotopic (exact) mass is 472 g/mol. The third-order valence-electron chi connectivity index (χ3n) is 5.46. The lowest BCUT2D eigenvalue weighted by molar-refractivity contribution is 0.0978. The minimum Gasteiger partial charge on any atom is -0.355 e. The van der Waals surface area contributed by atoms with Gasteiger partial charge in [-0.3, -0.25) is 13.7 Å².